The second-order valence-electron chi connectivity index (χ2n) is 2.58. The Morgan fingerprint density at radius 3 is 3.14 bits per heavy atom. The minimum atomic E-state index is -0.265. The van der Waals surface area contributed by atoms with Crippen molar-refractivity contribution in [3.63, 3.8) is 0 Å². The SMILES string of the molecule is COC(=O)c1sccc1C=CCCBr. The fourth-order valence-corrected chi connectivity index (χ4v) is 2.05. The zero-order valence-electron chi connectivity index (χ0n) is 7.83. The van der Waals surface area contributed by atoms with Gasteiger partial charge in [0.05, 0.1) is 7.11 Å². The van der Waals surface area contributed by atoms with Crippen LogP contribution in [-0.4, -0.2) is 18.4 Å². The van der Waals surface area contributed by atoms with E-state index in [-0.39, 0.29) is 5.97 Å². The highest BCUT2D eigenvalue weighted by Crippen LogP contribution is 2.19. The molecule has 0 saturated heterocycles. The molecule has 0 unspecified atom stereocenters. The predicted molar refractivity (Wildman–Crippen MR) is 63.1 cm³/mol. The van der Waals surface area contributed by atoms with Gasteiger partial charge in [-0.2, -0.15) is 0 Å². The summed E-state index contributed by atoms with van der Waals surface area (Å²) in [4.78, 5) is 11.9. The summed E-state index contributed by atoms with van der Waals surface area (Å²) in [6.07, 6.45) is 4.93. The molecule has 1 heterocycles. The van der Waals surface area contributed by atoms with Crippen LogP contribution in [0.15, 0.2) is 17.5 Å². The highest BCUT2D eigenvalue weighted by Gasteiger charge is 2.10. The van der Waals surface area contributed by atoms with Crippen molar-refractivity contribution in [2.45, 2.75) is 6.42 Å². The Bertz CT molecular complexity index is 331. The standard InChI is InChI=1S/C10H11BrO2S/c1-13-10(12)9-8(5-7-14-9)4-2-3-6-11/h2,4-5,7H,3,6H2,1H3. The molecule has 0 saturated carbocycles. The van der Waals surface area contributed by atoms with Crippen molar-refractivity contribution in [2.24, 2.45) is 0 Å². The van der Waals surface area contributed by atoms with Gasteiger partial charge in [0.25, 0.3) is 0 Å². The second kappa shape index (κ2) is 5.98. The molecule has 14 heavy (non-hydrogen) atoms. The molecule has 0 bridgehead atoms. The van der Waals surface area contributed by atoms with Gasteiger partial charge >= 0.3 is 5.97 Å². The summed E-state index contributed by atoms with van der Waals surface area (Å²) in [5, 5.41) is 2.82. The van der Waals surface area contributed by atoms with Crippen molar-refractivity contribution in [1.82, 2.24) is 0 Å². The summed E-state index contributed by atoms with van der Waals surface area (Å²) in [7, 11) is 1.40. The zero-order valence-corrected chi connectivity index (χ0v) is 10.2. The molecule has 2 nitrogen and oxygen atoms in total. The predicted octanol–water partition coefficient (Wildman–Crippen LogP) is 3.33. The van der Waals surface area contributed by atoms with Crippen molar-refractivity contribution in [2.75, 3.05) is 12.4 Å². The molecule has 0 aromatic carbocycles. The third-order valence-electron chi connectivity index (χ3n) is 1.64. The van der Waals surface area contributed by atoms with Crippen LogP contribution in [0, 0.1) is 0 Å². The number of allylic oxidation sites excluding steroid dienone is 1. The van der Waals surface area contributed by atoms with Gasteiger partial charge in [0.2, 0.25) is 0 Å². The maximum atomic E-state index is 11.3. The molecule has 76 valence electrons. The number of alkyl halides is 1. The number of ether oxygens (including phenoxy) is 1. The van der Waals surface area contributed by atoms with Gasteiger partial charge in [-0.25, -0.2) is 4.79 Å². The third kappa shape index (κ3) is 2.96. The first-order chi connectivity index (χ1) is 6.79. The number of rotatable bonds is 4. The molecular weight excluding hydrogens is 264 g/mol. The number of carbonyl (C=O) groups excluding carboxylic acids is 1. The van der Waals surface area contributed by atoms with Crippen LogP contribution in [-0.2, 0) is 4.74 Å². The molecule has 0 atom stereocenters. The van der Waals surface area contributed by atoms with Crippen LogP contribution < -0.4 is 0 Å². The van der Waals surface area contributed by atoms with Crippen molar-refractivity contribution >= 4 is 39.3 Å². The van der Waals surface area contributed by atoms with E-state index in [1.54, 1.807) is 0 Å². The minimum absolute atomic E-state index is 0.265. The third-order valence-corrected chi connectivity index (χ3v) is 3.01. The number of thiophene rings is 1. The van der Waals surface area contributed by atoms with E-state index in [4.69, 9.17) is 0 Å². The summed E-state index contributed by atoms with van der Waals surface area (Å²) in [5.41, 5.74) is 0.933. The van der Waals surface area contributed by atoms with Crippen LogP contribution in [0.3, 0.4) is 0 Å². The Morgan fingerprint density at radius 2 is 2.50 bits per heavy atom. The van der Waals surface area contributed by atoms with Crippen molar-refractivity contribution < 1.29 is 9.53 Å². The average molecular weight is 275 g/mol. The maximum absolute atomic E-state index is 11.3. The lowest BCUT2D eigenvalue weighted by atomic mass is 10.2. The van der Waals surface area contributed by atoms with Gasteiger partial charge < -0.3 is 4.74 Å². The Balaban J connectivity index is 2.77. The summed E-state index contributed by atoms with van der Waals surface area (Å²) in [6, 6.07) is 1.92. The number of halogens is 1. The molecule has 0 amide bonds. The molecular formula is C10H11BrO2S. The van der Waals surface area contributed by atoms with Crippen molar-refractivity contribution in [3.05, 3.63) is 28.0 Å². The smallest absolute Gasteiger partial charge is 0.348 e. The Morgan fingerprint density at radius 1 is 1.71 bits per heavy atom. The average Bonchev–Trinajstić information content (AvgIpc) is 2.65. The van der Waals surface area contributed by atoms with E-state index in [0.717, 1.165) is 17.3 Å². The molecule has 4 heteroatoms. The van der Waals surface area contributed by atoms with Crippen LogP contribution in [0.2, 0.25) is 0 Å². The maximum Gasteiger partial charge on any atom is 0.348 e. The fourth-order valence-electron chi connectivity index (χ4n) is 0.982. The summed E-state index contributed by atoms with van der Waals surface area (Å²) >= 11 is 4.74. The minimum Gasteiger partial charge on any atom is -0.465 e. The van der Waals surface area contributed by atoms with E-state index in [1.807, 2.05) is 23.6 Å². The van der Waals surface area contributed by atoms with Gasteiger partial charge in [-0.1, -0.05) is 28.1 Å². The number of carbonyl (C=O) groups is 1. The first-order valence-corrected chi connectivity index (χ1v) is 6.18. The van der Waals surface area contributed by atoms with E-state index < -0.39 is 0 Å². The lowest BCUT2D eigenvalue weighted by Gasteiger charge is -1.96. The van der Waals surface area contributed by atoms with Gasteiger partial charge in [-0.3, -0.25) is 0 Å². The Hall–Kier alpha value is -0.610. The van der Waals surface area contributed by atoms with Crippen LogP contribution in [0.4, 0.5) is 0 Å². The second-order valence-corrected chi connectivity index (χ2v) is 4.29. The molecule has 1 aromatic rings. The molecule has 1 rings (SSSR count). The van der Waals surface area contributed by atoms with E-state index >= 15 is 0 Å². The first-order valence-electron chi connectivity index (χ1n) is 4.18. The highest BCUT2D eigenvalue weighted by atomic mass is 79.9. The molecule has 0 aliphatic carbocycles. The van der Waals surface area contributed by atoms with Crippen LogP contribution >= 0.6 is 27.3 Å². The summed E-state index contributed by atoms with van der Waals surface area (Å²) in [5.74, 6) is -0.265. The molecule has 0 radical (unpaired) electrons. The molecule has 0 N–H and O–H groups in total. The molecule has 1 aromatic heterocycles. The first kappa shape index (κ1) is 11.5. The molecule has 0 spiro atoms. The van der Waals surface area contributed by atoms with E-state index in [2.05, 4.69) is 20.7 Å². The molecule has 0 aliphatic rings. The number of hydrogen-bond acceptors (Lipinski definition) is 3. The van der Waals surface area contributed by atoms with E-state index in [1.165, 1.54) is 18.4 Å². The van der Waals surface area contributed by atoms with Gasteiger partial charge in [0.15, 0.2) is 0 Å². The largest absolute Gasteiger partial charge is 0.465 e. The quantitative estimate of drug-likeness (QED) is 0.622. The zero-order chi connectivity index (χ0) is 10.4. The van der Waals surface area contributed by atoms with Gasteiger partial charge in [0.1, 0.15) is 4.88 Å². The summed E-state index contributed by atoms with van der Waals surface area (Å²) < 4.78 is 4.67. The lowest BCUT2D eigenvalue weighted by Crippen LogP contribution is -1.99. The van der Waals surface area contributed by atoms with Crippen LogP contribution in [0.1, 0.15) is 21.7 Å². The van der Waals surface area contributed by atoms with Gasteiger partial charge in [0, 0.05) is 5.33 Å². The van der Waals surface area contributed by atoms with Gasteiger partial charge in [-0.05, 0) is 23.4 Å². The van der Waals surface area contributed by atoms with Crippen molar-refractivity contribution in [1.29, 1.82) is 0 Å². The lowest BCUT2D eigenvalue weighted by molar-refractivity contribution is 0.0606. The van der Waals surface area contributed by atoms with Crippen LogP contribution in [0.5, 0.6) is 0 Å². The normalized spacial score (nSPS) is 10.7. The number of hydrogen-bond donors (Lipinski definition) is 0. The van der Waals surface area contributed by atoms with Gasteiger partial charge in [-0.15, -0.1) is 11.3 Å². The number of esters is 1. The van der Waals surface area contributed by atoms with Crippen molar-refractivity contribution in [3.8, 4) is 0 Å². The Kier molecular flexibility index (Phi) is 4.90. The van der Waals surface area contributed by atoms with E-state index in [9.17, 15) is 4.79 Å². The molecule has 0 aliphatic heterocycles. The van der Waals surface area contributed by atoms with Crippen LogP contribution in [0.25, 0.3) is 6.08 Å². The highest BCUT2D eigenvalue weighted by molar-refractivity contribution is 9.09. The number of methoxy groups -OCH3 is 1. The topological polar surface area (TPSA) is 26.3 Å². The monoisotopic (exact) mass is 274 g/mol. The summed E-state index contributed by atoms with van der Waals surface area (Å²) in [6.45, 7) is 0. The van der Waals surface area contributed by atoms with E-state index in [0.29, 0.717) is 4.88 Å². The fraction of sp³-hybridized carbons (Fsp3) is 0.300. The Labute approximate surface area is 95.7 Å². The molecule has 0 fully saturated rings.